The van der Waals surface area contributed by atoms with E-state index in [1.54, 1.807) is 24.3 Å². The van der Waals surface area contributed by atoms with Gasteiger partial charge in [-0.25, -0.2) is 0 Å². The predicted octanol–water partition coefficient (Wildman–Crippen LogP) is 1.35. The lowest BCUT2D eigenvalue weighted by Gasteiger charge is -2.34. The quantitative estimate of drug-likeness (QED) is 0.620. The summed E-state index contributed by atoms with van der Waals surface area (Å²) in [5.41, 5.74) is 1.32. The van der Waals surface area contributed by atoms with E-state index < -0.39 is 43.6 Å². The van der Waals surface area contributed by atoms with Crippen molar-refractivity contribution in [3.8, 4) is 11.5 Å². The van der Waals surface area contributed by atoms with Crippen LogP contribution in [0.3, 0.4) is 0 Å². The van der Waals surface area contributed by atoms with Crippen LogP contribution in [-0.2, 0) is 18.9 Å². The molecule has 8 nitrogen and oxygen atoms in total. The van der Waals surface area contributed by atoms with Gasteiger partial charge in [0, 0.05) is 11.1 Å². The van der Waals surface area contributed by atoms with E-state index in [2.05, 4.69) is 0 Å². The van der Waals surface area contributed by atoms with Gasteiger partial charge in [-0.3, -0.25) is 0 Å². The fourth-order valence-electron chi connectivity index (χ4n) is 3.35. The molecule has 0 saturated carbocycles. The monoisotopic (exact) mass is 390 g/mol. The molecule has 2 aliphatic heterocycles. The Balaban J connectivity index is 1.54. The van der Waals surface area contributed by atoms with E-state index in [1.807, 2.05) is 0 Å². The molecule has 2 aliphatic rings. The maximum Gasteiger partial charge on any atom is 0.184 e. The first-order valence-electron chi connectivity index (χ1n) is 9.00. The number of phenolic OH excluding ortho intramolecular Hbond substituents is 2. The highest BCUT2D eigenvalue weighted by atomic mass is 16.8. The second kappa shape index (κ2) is 8.04. The summed E-state index contributed by atoms with van der Waals surface area (Å²) in [6.45, 7) is -0.338. The summed E-state index contributed by atoms with van der Waals surface area (Å²) in [7, 11) is 0. The SMILES string of the molecule is OC[C@@H]1OC(c2ccc(O)cc2)OC[C@H]2OC(c3ccc(O)cc3)O[C@@H]2[C@H]1O. The van der Waals surface area contributed by atoms with E-state index >= 15 is 0 Å². The van der Waals surface area contributed by atoms with Gasteiger partial charge in [0.1, 0.15) is 35.9 Å². The molecule has 2 fully saturated rings. The third kappa shape index (κ3) is 3.83. The lowest BCUT2D eigenvalue weighted by Crippen LogP contribution is -2.49. The summed E-state index contributed by atoms with van der Waals surface area (Å²) in [6, 6.07) is 12.7. The molecule has 0 radical (unpaired) electrons. The van der Waals surface area contributed by atoms with Crippen molar-refractivity contribution in [1.29, 1.82) is 0 Å². The van der Waals surface area contributed by atoms with Gasteiger partial charge < -0.3 is 39.4 Å². The molecule has 150 valence electrons. The third-order valence-corrected chi connectivity index (χ3v) is 4.88. The van der Waals surface area contributed by atoms with Crippen molar-refractivity contribution < 1.29 is 39.4 Å². The van der Waals surface area contributed by atoms with Crippen molar-refractivity contribution in [2.75, 3.05) is 13.2 Å². The molecule has 2 heterocycles. The number of benzene rings is 2. The Morgan fingerprint density at radius 3 is 1.93 bits per heavy atom. The maximum absolute atomic E-state index is 10.7. The predicted molar refractivity (Wildman–Crippen MR) is 95.4 cm³/mol. The fourth-order valence-corrected chi connectivity index (χ4v) is 3.35. The zero-order valence-corrected chi connectivity index (χ0v) is 14.9. The molecule has 8 heteroatoms. The molecule has 0 spiro atoms. The highest BCUT2D eigenvalue weighted by molar-refractivity contribution is 5.28. The standard InChI is InChI=1S/C20H22O8/c21-9-15-17(24)18-16(27-20(28-18)12-3-7-14(23)8-4-12)10-25-19(26-15)11-1-5-13(22)6-2-11/h1-8,15-24H,9-10H2/t15-,16+,17-,18-,19?,20?/m0/s1. The number of aromatic hydroxyl groups is 2. The van der Waals surface area contributed by atoms with Crippen molar-refractivity contribution in [3.05, 3.63) is 59.7 Å². The van der Waals surface area contributed by atoms with Crippen LogP contribution in [0.25, 0.3) is 0 Å². The number of hydrogen-bond donors (Lipinski definition) is 4. The molecule has 6 atom stereocenters. The molecule has 4 N–H and O–H groups in total. The van der Waals surface area contributed by atoms with Crippen molar-refractivity contribution in [2.45, 2.75) is 37.0 Å². The topological polar surface area (TPSA) is 118 Å². The Kier molecular flexibility index (Phi) is 5.49. The molecule has 2 saturated heterocycles. The van der Waals surface area contributed by atoms with E-state index in [-0.39, 0.29) is 18.1 Å². The van der Waals surface area contributed by atoms with Gasteiger partial charge in [0.2, 0.25) is 0 Å². The number of rotatable bonds is 3. The van der Waals surface area contributed by atoms with Gasteiger partial charge in [-0.15, -0.1) is 0 Å². The molecule has 2 aromatic rings. The average Bonchev–Trinajstić information content (AvgIpc) is 3.12. The van der Waals surface area contributed by atoms with Gasteiger partial charge in [-0.1, -0.05) is 24.3 Å². The van der Waals surface area contributed by atoms with Crippen LogP contribution in [0.2, 0.25) is 0 Å². The van der Waals surface area contributed by atoms with Crippen molar-refractivity contribution in [2.24, 2.45) is 0 Å². The molecule has 4 rings (SSSR count). The Labute approximate surface area is 161 Å². The van der Waals surface area contributed by atoms with E-state index in [1.165, 1.54) is 24.3 Å². The Bertz CT molecular complexity index is 778. The molecule has 28 heavy (non-hydrogen) atoms. The van der Waals surface area contributed by atoms with Crippen molar-refractivity contribution in [1.82, 2.24) is 0 Å². The van der Waals surface area contributed by atoms with Crippen LogP contribution in [0.5, 0.6) is 11.5 Å². The summed E-state index contributed by atoms with van der Waals surface area (Å²) in [5.74, 6) is 0.235. The Hall–Kier alpha value is -2.20. The Morgan fingerprint density at radius 1 is 0.786 bits per heavy atom. The molecule has 2 aromatic carbocycles. The fraction of sp³-hybridized carbons (Fsp3) is 0.400. The van der Waals surface area contributed by atoms with Gasteiger partial charge in [0.15, 0.2) is 12.6 Å². The first kappa shape index (κ1) is 19.1. The minimum Gasteiger partial charge on any atom is -0.508 e. The summed E-state index contributed by atoms with van der Waals surface area (Å²) in [5, 5.41) is 39.4. The molecule has 0 aliphatic carbocycles. The lowest BCUT2D eigenvalue weighted by molar-refractivity contribution is -0.241. The normalized spacial score (nSPS) is 33.1. The lowest BCUT2D eigenvalue weighted by atomic mass is 10.0. The highest BCUT2D eigenvalue weighted by Gasteiger charge is 2.46. The smallest absolute Gasteiger partial charge is 0.184 e. The number of phenols is 2. The van der Waals surface area contributed by atoms with Crippen LogP contribution in [0.15, 0.2) is 48.5 Å². The summed E-state index contributed by atoms with van der Waals surface area (Å²) in [6.07, 6.45) is -5.00. The summed E-state index contributed by atoms with van der Waals surface area (Å²) in [4.78, 5) is 0. The first-order chi connectivity index (χ1) is 13.5. The number of fused-ring (bicyclic) bond motifs is 1. The maximum atomic E-state index is 10.7. The van der Waals surface area contributed by atoms with Crippen LogP contribution in [0.1, 0.15) is 23.7 Å². The molecule has 0 aromatic heterocycles. The van der Waals surface area contributed by atoms with E-state index in [0.29, 0.717) is 11.1 Å². The van der Waals surface area contributed by atoms with Gasteiger partial charge in [-0.05, 0) is 24.3 Å². The molecule has 0 amide bonds. The number of aliphatic hydroxyl groups is 2. The minimum absolute atomic E-state index is 0.0972. The zero-order valence-electron chi connectivity index (χ0n) is 14.9. The van der Waals surface area contributed by atoms with Crippen LogP contribution in [-0.4, -0.2) is 58.1 Å². The van der Waals surface area contributed by atoms with Gasteiger partial charge in [-0.2, -0.15) is 0 Å². The van der Waals surface area contributed by atoms with Crippen LogP contribution in [0, 0.1) is 0 Å². The van der Waals surface area contributed by atoms with Gasteiger partial charge >= 0.3 is 0 Å². The summed E-state index contributed by atoms with van der Waals surface area (Å²) >= 11 is 0. The highest BCUT2D eigenvalue weighted by Crippen LogP contribution is 2.37. The minimum atomic E-state index is -1.14. The van der Waals surface area contributed by atoms with Crippen molar-refractivity contribution in [3.63, 3.8) is 0 Å². The number of ether oxygens (including phenoxy) is 4. The summed E-state index contributed by atoms with van der Waals surface area (Å²) < 4.78 is 23.4. The third-order valence-electron chi connectivity index (χ3n) is 4.88. The number of aliphatic hydroxyl groups excluding tert-OH is 2. The van der Waals surface area contributed by atoms with Crippen LogP contribution in [0.4, 0.5) is 0 Å². The largest absolute Gasteiger partial charge is 0.508 e. The number of hydrogen-bond acceptors (Lipinski definition) is 8. The molecular weight excluding hydrogens is 368 g/mol. The average molecular weight is 390 g/mol. The Morgan fingerprint density at radius 2 is 1.36 bits per heavy atom. The zero-order chi connectivity index (χ0) is 19.7. The van der Waals surface area contributed by atoms with Crippen LogP contribution < -0.4 is 0 Å². The molecule has 0 bridgehead atoms. The molecule has 2 unspecified atom stereocenters. The first-order valence-corrected chi connectivity index (χ1v) is 9.00. The van der Waals surface area contributed by atoms with Gasteiger partial charge in [0.25, 0.3) is 0 Å². The van der Waals surface area contributed by atoms with E-state index in [9.17, 15) is 20.4 Å². The van der Waals surface area contributed by atoms with Crippen LogP contribution >= 0.6 is 0 Å². The van der Waals surface area contributed by atoms with E-state index in [4.69, 9.17) is 18.9 Å². The van der Waals surface area contributed by atoms with Gasteiger partial charge in [0.05, 0.1) is 13.2 Å². The van der Waals surface area contributed by atoms with Crippen molar-refractivity contribution >= 4 is 0 Å². The second-order valence-electron chi connectivity index (χ2n) is 6.80. The molecular formula is C20H22O8. The van der Waals surface area contributed by atoms with E-state index in [0.717, 1.165) is 0 Å². The second-order valence-corrected chi connectivity index (χ2v) is 6.80.